The van der Waals surface area contributed by atoms with Gasteiger partial charge in [-0.25, -0.2) is 8.42 Å². The Bertz CT molecular complexity index is 1060. The number of hydrogen-bond donors (Lipinski definition) is 2. The molecule has 0 saturated carbocycles. The van der Waals surface area contributed by atoms with Crippen molar-refractivity contribution in [3.05, 3.63) is 47.5 Å². The van der Waals surface area contributed by atoms with Crippen LogP contribution in [-0.4, -0.2) is 45.1 Å². The van der Waals surface area contributed by atoms with Crippen LogP contribution in [0.4, 0.5) is 5.69 Å². The van der Waals surface area contributed by atoms with Crippen molar-refractivity contribution in [1.82, 2.24) is 9.62 Å². The molecule has 0 aromatic heterocycles. The van der Waals surface area contributed by atoms with Gasteiger partial charge in [-0.1, -0.05) is 18.6 Å². The number of sulfonamides is 1. The average molecular weight is 446 g/mol. The van der Waals surface area contributed by atoms with Gasteiger partial charge in [-0.05, 0) is 55.2 Å². The average Bonchev–Trinajstić information content (AvgIpc) is 3.25. The van der Waals surface area contributed by atoms with Gasteiger partial charge in [-0.3, -0.25) is 4.79 Å². The van der Waals surface area contributed by atoms with Crippen molar-refractivity contribution in [1.29, 1.82) is 0 Å². The molecule has 2 aliphatic heterocycles. The van der Waals surface area contributed by atoms with Crippen molar-refractivity contribution in [3.63, 3.8) is 0 Å². The molecule has 8 nitrogen and oxygen atoms in total. The first-order valence-electron chi connectivity index (χ1n) is 10.4. The molecule has 0 bridgehead atoms. The molecule has 1 saturated heterocycles. The molecule has 0 atom stereocenters. The van der Waals surface area contributed by atoms with Gasteiger partial charge in [-0.15, -0.1) is 0 Å². The maximum atomic E-state index is 13.0. The van der Waals surface area contributed by atoms with E-state index in [0.717, 1.165) is 24.8 Å². The molecule has 0 aliphatic carbocycles. The van der Waals surface area contributed by atoms with Crippen LogP contribution in [0.5, 0.6) is 11.5 Å². The molecule has 0 unspecified atom stereocenters. The highest BCUT2D eigenvalue weighted by Gasteiger charge is 2.27. The molecule has 2 aromatic rings. The van der Waals surface area contributed by atoms with Crippen LogP contribution in [0.15, 0.2) is 41.3 Å². The van der Waals surface area contributed by atoms with E-state index in [2.05, 4.69) is 10.6 Å². The van der Waals surface area contributed by atoms with Crippen molar-refractivity contribution in [2.75, 3.05) is 31.7 Å². The van der Waals surface area contributed by atoms with Gasteiger partial charge in [0.2, 0.25) is 22.7 Å². The van der Waals surface area contributed by atoms with E-state index in [1.54, 1.807) is 29.4 Å². The molecule has 9 heteroatoms. The first-order chi connectivity index (χ1) is 14.9. The number of anilines is 1. The summed E-state index contributed by atoms with van der Waals surface area (Å²) >= 11 is 0. The molecule has 31 heavy (non-hydrogen) atoms. The van der Waals surface area contributed by atoms with Gasteiger partial charge >= 0.3 is 0 Å². The number of nitrogens with one attached hydrogen (secondary N) is 2. The number of rotatable bonds is 7. The van der Waals surface area contributed by atoms with Crippen LogP contribution < -0.4 is 20.1 Å². The van der Waals surface area contributed by atoms with Crippen molar-refractivity contribution in [3.8, 4) is 11.5 Å². The molecule has 2 N–H and O–H groups in total. The highest BCUT2D eigenvalue weighted by atomic mass is 32.2. The minimum Gasteiger partial charge on any atom is -0.454 e. The van der Waals surface area contributed by atoms with E-state index in [0.29, 0.717) is 47.3 Å². The molecule has 1 fully saturated rings. The lowest BCUT2D eigenvalue weighted by Crippen LogP contribution is -2.36. The summed E-state index contributed by atoms with van der Waals surface area (Å²) in [5.74, 6) is 1.18. The lowest BCUT2D eigenvalue weighted by molar-refractivity contribution is -0.119. The van der Waals surface area contributed by atoms with Crippen LogP contribution in [0, 0.1) is 6.92 Å². The number of aryl methyl sites for hydroxylation is 1. The Morgan fingerprint density at radius 1 is 1.03 bits per heavy atom. The molecule has 4 rings (SSSR count). The van der Waals surface area contributed by atoms with E-state index in [1.807, 2.05) is 18.2 Å². The van der Waals surface area contributed by atoms with Crippen molar-refractivity contribution >= 4 is 21.6 Å². The number of carbonyl (C=O) groups is 1. The summed E-state index contributed by atoms with van der Waals surface area (Å²) in [6.07, 6.45) is 2.84. The third kappa shape index (κ3) is 4.94. The Labute approximate surface area is 182 Å². The number of nitrogens with zero attached hydrogens (tertiary/aromatic N) is 1. The standard InChI is InChI=1S/C22H27N3O5S/c1-16-5-7-18(12-21(16)31(27,28)25-9-3-2-4-10-25)23-14-22(26)24-13-17-6-8-19-20(11-17)30-15-29-19/h5-8,11-12,23H,2-4,9-10,13-15H2,1H3,(H,24,26). The van der Waals surface area contributed by atoms with Gasteiger partial charge < -0.3 is 20.1 Å². The summed E-state index contributed by atoms with van der Waals surface area (Å²) in [4.78, 5) is 12.6. The minimum absolute atomic E-state index is 0.0385. The van der Waals surface area contributed by atoms with Crippen LogP contribution in [0.3, 0.4) is 0 Å². The quantitative estimate of drug-likeness (QED) is 0.680. The fourth-order valence-corrected chi connectivity index (χ4v) is 5.50. The predicted molar refractivity (Wildman–Crippen MR) is 117 cm³/mol. The van der Waals surface area contributed by atoms with Gasteiger partial charge in [0.25, 0.3) is 0 Å². The second-order valence-corrected chi connectivity index (χ2v) is 9.67. The monoisotopic (exact) mass is 445 g/mol. The lowest BCUT2D eigenvalue weighted by Gasteiger charge is -2.26. The van der Waals surface area contributed by atoms with E-state index in [9.17, 15) is 13.2 Å². The number of ether oxygens (including phenoxy) is 2. The number of piperidine rings is 1. The zero-order valence-corrected chi connectivity index (χ0v) is 18.3. The summed E-state index contributed by atoms with van der Waals surface area (Å²) in [5, 5.41) is 5.87. The Balaban J connectivity index is 1.35. The van der Waals surface area contributed by atoms with Crippen molar-refractivity contribution in [2.24, 2.45) is 0 Å². The Morgan fingerprint density at radius 2 is 1.81 bits per heavy atom. The second-order valence-electron chi connectivity index (χ2n) is 7.76. The third-order valence-corrected chi connectivity index (χ3v) is 7.54. The third-order valence-electron chi connectivity index (χ3n) is 5.50. The van der Waals surface area contributed by atoms with Crippen molar-refractivity contribution in [2.45, 2.75) is 37.6 Å². The fourth-order valence-electron chi connectivity index (χ4n) is 3.73. The molecule has 2 heterocycles. The van der Waals surface area contributed by atoms with Crippen LogP contribution in [0.2, 0.25) is 0 Å². The largest absolute Gasteiger partial charge is 0.454 e. The Hall–Kier alpha value is -2.78. The number of fused-ring (bicyclic) bond motifs is 1. The van der Waals surface area contributed by atoms with Gasteiger partial charge in [-0.2, -0.15) is 4.31 Å². The first-order valence-corrected chi connectivity index (χ1v) is 11.9. The fraction of sp³-hybridized carbons (Fsp3) is 0.409. The van der Waals surface area contributed by atoms with Crippen LogP contribution in [-0.2, 0) is 21.4 Å². The molecule has 0 radical (unpaired) electrons. The van der Waals surface area contributed by atoms with Gasteiger partial charge in [0, 0.05) is 25.3 Å². The summed E-state index contributed by atoms with van der Waals surface area (Å²) in [7, 11) is -3.53. The topological polar surface area (TPSA) is 97.0 Å². The molecule has 166 valence electrons. The van der Waals surface area contributed by atoms with Gasteiger partial charge in [0.05, 0.1) is 11.4 Å². The van der Waals surface area contributed by atoms with E-state index < -0.39 is 10.0 Å². The first kappa shape index (κ1) is 21.5. The molecule has 0 spiro atoms. The van der Waals surface area contributed by atoms with E-state index in [-0.39, 0.29) is 19.2 Å². The van der Waals surface area contributed by atoms with Gasteiger partial charge in [0.15, 0.2) is 11.5 Å². The van der Waals surface area contributed by atoms with Gasteiger partial charge in [0.1, 0.15) is 0 Å². The highest BCUT2D eigenvalue weighted by molar-refractivity contribution is 7.89. The summed E-state index contributed by atoms with van der Waals surface area (Å²) in [5.41, 5.74) is 2.20. The molecular formula is C22H27N3O5S. The highest BCUT2D eigenvalue weighted by Crippen LogP contribution is 2.32. The molecule has 1 amide bonds. The summed E-state index contributed by atoms with van der Waals surface area (Å²) in [6, 6.07) is 10.7. The van der Waals surface area contributed by atoms with E-state index in [4.69, 9.17) is 9.47 Å². The maximum Gasteiger partial charge on any atom is 0.243 e. The minimum atomic E-state index is -3.53. The van der Waals surface area contributed by atoms with Crippen LogP contribution in [0.1, 0.15) is 30.4 Å². The van der Waals surface area contributed by atoms with E-state index in [1.165, 1.54) is 0 Å². The normalized spacial score (nSPS) is 16.2. The van der Waals surface area contributed by atoms with Crippen LogP contribution in [0.25, 0.3) is 0 Å². The van der Waals surface area contributed by atoms with Crippen molar-refractivity contribution < 1.29 is 22.7 Å². The van der Waals surface area contributed by atoms with E-state index >= 15 is 0 Å². The zero-order chi connectivity index (χ0) is 21.8. The smallest absolute Gasteiger partial charge is 0.243 e. The maximum absolute atomic E-state index is 13.0. The molecule has 2 aliphatic rings. The lowest BCUT2D eigenvalue weighted by atomic mass is 10.2. The number of amides is 1. The summed E-state index contributed by atoms with van der Waals surface area (Å²) < 4.78 is 38.3. The van der Waals surface area contributed by atoms with Crippen LogP contribution >= 0.6 is 0 Å². The SMILES string of the molecule is Cc1ccc(NCC(=O)NCc2ccc3c(c2)OCO3)cc1S(=O)(=O)N1CCCCC1. The molecule has 2 aromatic carbocycles. The molecular weight excluding hydrogens is 418 g/mol. The number of carbonyl (C=O) groups excluding carboxylic acids is 1. The Kier molecular flexibility index (Phi) is 6.33. The Morgan fingerprint density at radius 3 is 2.61 bits per heavy atom. The summed E-state index contributed by atoms with van der Waals surface area (Å²) in [6.45, 7) is 3.51. The predicted octanol–water partition coefficient (Wildman–Crippen LogP) is 2.63. The number of hydrogen-bond acceptors (Lipinski definition) is 6. The second kappa shape index (κ2) is 9.15. The zero-order valence-electron chi connectivity index (χ0n) is 17.5. The number of benzene rings is 2.